The minimum atomic E-state index is -0.714. The van der Waals surface area contributed by atoms with E-state index in [0.29, 0.717) is 32.0 Å². The van der Waals surface area contributed by atoms with Crippen molar-refractivity contribution in [3.63, 3.8) is 0 Å². The van der Waals surface area contributed by atoms with Crippen LogP contribution in [-0.4, -0.2) is 105 Å². The van der Waals surface area contributed by atoms with Crippen molar-refractivity contribution in [2.75, 3.05) is 58.4 Å². The van der Waals surface area contributed by atoms with Crippen molar-refractivity contribution in [2.24, 2.45) is 17.8 Å². The van der Waals surface area contributed by atoms with Gasteiger partial charge in [0.25, 0.3) is 0 Å². The molecule has 0 aromatic heterocycles. The first kappa shape index (κ1) is 33.5. The zero-order valence-electron chi connectivity index (χ0n) is 25.9. The molecular weight excluding hydrogens is 534 g/mol. The van der Waals surface area contributed by atoms with Gasteiger partial charge in [0.1, 0.15) is 18.7 Å². The summed E-state index contributed by atoms with van der Waals surface area (Å²) in [6.45, 7) is 10.2. The average Bonchev–Trinajstić information content (AvgIpc) is 2.94. The normalized spacial score (nSPS) is 20.3. The van der Waals surface area contributed by atoms with E-state index in [2.05, 4.69) is 35.1 Å². The summed E-state index contributed by atoms with van der Waals surface area (Å²) in [6, 6.07) is 8.65. The van der Waals surface area contributed by atoms with Crippen molar-refractivity contribution in [1.82, 2.24) is 9.80 Å². The monoisotopic (exact) mass is 583 g/mol. The van der Waals surface area contributed by atoms with Crippen LogP contribution in [0.3, 0.4) is 0 Å². The summed E-state index contributed by atoms with van der Waals surface area (Å²) in [5, 5.41) is 10.1. The highest BCUT2D eigenvalue weighted by molar-refractivity contribution is 5.68. The molecule has 9 nitrogen and oxygen atoms in total. The van der Waals surface area contributed by atoms with Crippen molar-refractivity contribution in [1.29, 1.82) is 0 Å². The van der Waals surface area contributed by atoms with Crippen molar-refractivity contribution >= 4 is 30.4 Å². The van der Waals surface area contributed by atoms with Crippen molar-refractivity contribution < 1.29 is 29.0 Å². The number of rotatable bonds is 15. The molecule has 0 saturated carbocycles. The maximum Gasteiger partial charge on any atom is 0.410 e. The van der Waals surface area contributed by atoms with Crippen LogP contribution >= 0.6 is 0 Å². The molecule has 1 amide bonds. The van der Waals surface area contributed by atoms with Gasteiger partial charge in [-0.15, -0.1) is 0 Å². The van der Waals surface area contributed by atoms with E-state index in [9.17, 15) is 19.5 Å². The maximum atomic E-state index is 13.0. The standard InChI is InChI=1S/C33H49N3O6/c1-24(31(21-38)26(3)19-27-7-6-8-28(20-27)35(5)29-22-41-23-29)10-12-32(25(2)9-11-30(39)13-18-37)42-33(40)36-16-14-34(4)15-17-36/h6-8,10,12,18-21,24-25,29-32,39H,9,11,13-17,22-23H2,1-5H3/b12-10+,26-19+/t24-,25-,30+,31-,32-/m0/s1. The number of aliphatic hydroxyl groups is 1. The van der Waals surface area contributed by atoms with Crippen LogP contribution in [0, 0.1) is 17.8 Å². The number of anilines is 1. The fourth-order valence-corrected chi connectivity index (χ4v) is 5.27. The highest BCUT2D eigenvalue weighted by Gasteiger charge is 2.27. The van der Waals surface area contributed by atoms with Gasteiger partial charge in [-0.25, -0.2) is 4.79 Å². The summed E-state index contributed by atoms with van der Waals surface area (Å²) in [5.74, 6) is -0.561. The molecule has 2 heterocycles. The molecule has 5 atom stereocenters. The van der Waals surface area contributed by atoms with E-state index >= 15 is 0 Å². The SMILES string of the molecule is C/C(=C\c1cccc(N(C)C2COC2)c1)[C@@H](C=O)[C@@H](C)/C=C/[C@H](OC(=O)N1CCN(C)CC1)[C@@H](C)CC[C@@H](O)CC=O. The minimum Gasteiger partial charge on any atom is -0.442 e. The first-order valence-electron chi connectivity index (χ1n) is 15.1. The van der Waals surface area contributed by atoms with Gasteiger partial charge >= 0.3 is 6.09 Å². The third kappa shape index (κ3) is 9.78. The van der Waals surface area contributed by atoms with Gasteiger partial charge < -0.3 is 38.9 Å². The molecule has 2 aliphatic heterocycles. The second-order valence-electron chi connectivity index (χ2n) is 11.9. The fraction of sp³-hybridized carbons (Fsp3) is 0.606. The smallest absolute Gasteiger partial charge is 0.410 e. The van der Waals surface area contributed by atoms with E-state index in [-0.39, 0.29) is 30.3 Å². The Labute approximate surface area is 251 Å². The highest BCUT2D eigenvalue weighted by Crippen LogP contribution is 2.27. The lowest BCUT2D eigenvalue weighted by Crippen LogP contribution is -2.48. The van der Waals surface area contributed by atoms with Crippen LogP contribution in [0.25, 0.3) is 6.08 Å². The number of ether oxygens (including phenoxy) is 2. The first-order valence-corrected chi connectivity index (χ1v) is 15.1. The van der Waals surface area contributed by atoms with Gasteiger partial charge in [0, 0.05) is 51.3 Å². The van der Waals surface area contributed by atoms with E-state index in [1.54, 1.807) is 4.90 Å². The quantitative estimate of drug-likeness (QED) is 0.244. The highest BCUT2D eigenvalue weighted by atomic mass is 16.6. The number of carbonyl (C=O) groups is 3. The fourth-order valence-electron chi connectivity index (χ4n) is 5.27. The number of amides is 1. The molecule has 2 saturated heterocycles. The number of aliphatic hydroxyl groups excluding tert-OH is 1. The number of nitrogens with zero attached hydrogens (tertiary/aromatic N) is 3. The largest absolute Gasteiger partial charge is 0.442 e. The number of benzene rings is 1. The van der Waals surface area contributed by atoms with Crippen LogP contribution in [0.5, 0.6) is 0 Å². The van der Waals surface area contributed by atoms with E-state index in [4.69, 9.17) is 9.47 Å². The predicted molar refractivity (Wildman–Crippen MR) is 165 cm³/mol. The number of carbonyl (C=O) groups excluding carboxylic acids is 3. The molecule has 42 heavy (non-hydrogen) atoms. The zero-order chi connectivity index (χ0) is 30.6. The summed E-state index contributed by atoms with van der Waals surface area (Å²) in [6.07, 6.45) is 7.11. The number of hydrogen-bond acceptors (Lipinski definition) is 8. The molecule has 1 aromatic rings. The molecule has 2 aliphatic rings. The summed E-state index contributed by atoms with van der Waals surface area (Å²) < 4.78 is 11.3. The minimum absolute atomic E-state index is 0.0849. The Kier molecular flexibility index (Phi) is 13.2. The molecule has 0 spiro atoms. The number of likely N-dealkylation sites (N-methyl/N-ethyl adjacent to an activating group) is 2. The molecule has 0 aliphatic carbocycles. The number of aldehydes is 2. The van der Waals surface area contributed by atoms with Crippen LogP contribution in [0.1, 0.15) is 45.6 Å². The Morgan fingerprint density at radius 1 is 1.14 bits per heavy atom. The molecule has 1 N–H and O–H groups in total. The Morgan fingerprint density at radius 2 is 1.86 bits per heavy atom. The Balaban J connectivity index is 1.71. The number of allylic oxidation sites excluding steroid dienone is 2. The molecule has 9 heteroatoms. The van der Waals surface area contributed by atoms with Gasteiger partial charge in [-0.05, 0) is 62.4 Å². The van der Waals surface area contributed by atoms with Crippen LogP contribution in [0.15, 0.2) is 42.0 Å². The molecule has 0 radical (unpaired) electrons. The Hall–Kier alpha value is -3.01. The molecule has 0 bridgehead atoms. The number of piperazine rings is 1. The van der Waals surface area contributed by atoms with Crippen molar-refractivity contribution in [3.8, 4) is 0 Å². The summed E-state index contributed by atoms with van der Waals surface area (Å²) in [5.41, 5.74) is 3.09. The van der Waals surface area contributed by atoms with Crippen LogP contribution in [0.2, 0.25) is 0 Å². The van der Waals surface area contributed by atoms with Gasteiger partial charge in [-0.1, -0.05) is 43.7 Å². The predicted octanol–water partition coefficient (Wildman–Crippen LogP) is 4.05. The molecule has 3 rings (SSSR count). The Morgan fingerprint density at radius 3 is 2.48 bits per heavy atom. The van der Waals surface area contributed by atoms with Gasteiger partial charge in [-0.3, -0.25) is 0 Å². The van der Waals surface area contributed by atoms with Crippen molar-refractivity contribution in [3.05, 3.63) is 47.6 Å². The molecule has 232 valence electrons. The van der Waals surface area contributed by atoms with Gasteiger partial charge in [0.05, 0.1) is 25.4 Å². The van der Waals surface area contributed by atoms with Crippen LogP contribution in [-0.2, 0) is 19.1 Å². The lowest BCUT2D eigenvalue weighted by molar-refractivity contribution is -0.111. The zero-order valence-corrected chi connectivity index (χ0v) is 25.9. The van der Waals surface area contributed by atoms with Crippen LogP contribution < -0.4 is 4.90 Å². The maximum absolute atomic E-state index is 13.0. The molecule has 0 unspecified atom stereocenters. The van der Waals surface area contributed by atoms with Gasteiger partial charge in [0.15, 0.2) is 0 Å². The summed E-state index contributed by atoms with van der Waals surface area (Å²) >= 11 is 0. The average molecular weight is 584 g/mol. The van der Waals surface area contributed by atoms with E-state index in [1.807, 2.05) is 52.1 Å². The van der Waals surface area contributed by atoms with E-state index in [1.165, 1.54) is 0 Å². The summed E-state index contributed by atoms with van der Waals surface area (Å²) in [4.78, 5) is 42.2. The van der Waals surface area contributed by atoms with E-state index < -0.39 is 12.2 Å². The first-order chi connectivity index (χ1) is 20.1. The third-order valence-electron chi connectivity index (χ3n) is 8.57. The van der Waals surface area contributed by atoms with Crippen molar-refractivity contribution in [2.45, 2.75) is 58.3 Å². The van der Waals surface area contributed by atoms with E-state index in [0.717, 1.165) is 55.7 Å². The number of hydrogen-bond donors (Lipinski definition) is 1. The molecule has 2 fully saturated rings. The van der Waals surface area contributed by atoms with Crippen LogP contribution in [0.4, 0.5) is 10.5 Å². The van der Waals surface area contributed by atoms with Gasteiger partial charge in [-0.2, -0.15) is 0 Å². The second kappa shape index (κ2) is 16.6. The van der Waals surface area contributed by atoms with Gasteiger partial charge in [0.2, 0.25) is 0 Å². The topological polar surface area (TPSA) is 99.6 Å². The molecular formula is C33H49N3O6. The lowest BCUT2D eigenvalue weighted by atomic mass is 9.86. The lowest BCUT2D eigenvalue weighted by Gasteiger charge is -2.36. The second-order valence-corrected chi connectivity index (χ2v) is 11.9. The summed E-state index contributed by atoms with van der Waals surface area (Å²) in [7, 11) is 4.10. The molecule has 1 aromatic carbocycles. The Bertz CT molecular complexity index is 1080. The third-order valence-corrected chi connectivity index (χ3v) is 8.57.